The summed E-state index contributed by atoms with van der Waals surface area (Å²) in [4.78, 5) is 6.72. The average molecular weight is 268 g/mol. The van der Waals surface area contributed by atoms with Gasteiger partial charge in [-0.2, -0.15) is 0 Å². The fourth-order valence-electron chi connectivity index (χ4n) is 2.49. The molecule has 1 fully saturated rings. The van der Waals surface area contributed by atoms with E-state index in [0.717, 1.165) is 11.3 Å². The van der Waals surface area contributed by atoms with Crippen LogP contribution in [0.25, 0.3) is 0 Å². The molecule has 0 aliphatic carbocycles. The lowest BCUT2D eigenvalue weighted by atomic mass is 10.0. The third kappa shape index (κ3) is 3.59. The van der Waals surface area contributed by atoms with Crippen LogP contribution in [0.3, 0.4) is 0 Å². The summed E-state index contributed by atoms with van der Waals surface area (Å²) in [6.07, 6.45) is 5.41. The lowest BCUT2D eigenvalue weighted by molar-refractivity contribution is 0.219. The minimum atomic E-state index is 0.527. The molecule has 0 amide bonds. The molecule has 0 bridgehead atoms. The molecule has 2 heterocycles. The smallest absolute Gasteiger partial charge is 0.152 e. The van der Waals surface area contributed by atoms with Crippen molar-refractivity contribution in [1.29, 1.82) is 0 Å². The van der Waals surface area contributed by atoms with Crippen molar-refractivity contribution in [3.63, 3.8) is 0 Å². The lowest BCUT2D eigenvalue weighted by Gasteiger charge is -2.32. The maximum Gasteiger partial charge on any atom is 0.152 e. The van der Waals surface area contributed by atoms with Gasteiger partial charge >= 0.3 is 0 Å². The molecule has 3 nitrogen and oxygen atoms in total. The Balaban J connectivity index is 1.89. The molecule has 100 valence electrons. The van der Waals surface area contributed by atoms with Crippen LogP contribution in [0.1, 0.15) is 31.7 Å². The molecule has 0 atom stereocenters. The van der Waals surface area contributed by atoms with Crippen LogP contribution in [0.2, 0.25) is 5.15 Å². The van der Waals surface area contributed by atoms with Gasteiger partial charge in [-0.25, -0.2) is 4.98 Å². The van der Waals surface area contributed by atoms with Crippen molar-refractivity contribution < 1.29 is 0 Å². The molecular formula is C14H22ClN3. The van der Waals surface area contributed by atoms with Crippen LogP contribution in [0.15, 0.2) is 12.3 Å². The van der Waals surface area contributed by atoms with Crippen molar-refractivity contribution in [3.8, 4) is 0 Å². The first-order valence-corrected chi connectivity index (χ1v) is 7.18. The average Bonchev–Trinajstić information content (AvgIpc) is 2.37. The van der Waals surface area contributed by atoms with Crippen molar-refractivity contribution in [3.05, 3.63) is 23.0 Å². The highest BCUT2D eigenvalue weighted by Crippen LogP contribution is 2.23. The van der Waals surface area contributed by atoms with E-state index in [9.17, 15) is 0 Å². The molecule has 0 saturated carbocycles. The van der Waals surface area contributed by atoms with Crippen molar-refractivity contribution in [2.24, 2.45) is 0 Å². The largest absolute Gasteiger partial charge is 0.380 e. The number of nitrogens with one attached hydrogen (secondary N) is 1. The first-order valence-electron chi connectivity index (χ1n) is 6.80. The van der Waals surface area contributed by atoms with Crippen LogP contribution in [-0.4, -0.2) is 35.6 Å². The van der Waals surface area contributed by atoms with E-state index in [1.165, 1.54) is 38.9 Å². The summed E-state index contributed by atoms with van der Waals surface area (Å²) < 4.78 is 0. The second-order valence-corrected chi connectivity index (χ2v) is 5.47. The highest BCUT2D eigenvalue weighted by molar-refractivity contribution is 6.31. The van der Waals surface area contributed by atoms with Crippen LogP contribution >= 0.6 is 11.6 Å². The number of halogens is 1. The Labute approximate surface area is 115 Å². The lowest BCUT2D eigenvalue weighted by Crippen LogP contribution is -2.39. The maximum atomic E-state index is 6.11. The SMILES string of the molecule is CCCN1CCC(Nc2cc(C)cnc2Cl)CC1. The van der Waals surface area contributed by atoms with Gasteiger partial charge in [-0.3, -0.25) is 0 Å². The van der Waals surface area contributed by atoms with Gasteiger partial charge in [0.05, 0.1) is 5.69 Å². The number of piperidine rings is 1. The number of aryl methyl sites for hydroxylation is 1. The van der Waals surface area contributed by atoms with Crippen LogP contribution < -0.4 is 5.32 Å². The van der Waals surface area contributed by atoms with Crippen molar-refractivity contribution in [2.75, 3.05) is 25.0 Å². The van der Waals surface area contributed by atoms with E-state index in [1.807, 2.05) is 6.92 Å². The number of rotatable bonds is 4. The molecule has 1 aliphatic rings. The summed E-state index contributed by atoms with van der Waals surface area (Å²) in [5, 5.41) is 4.11. The second kappa shape index (κ2) is 6.39. The van der Waals surface area contributed by atoms with Gasteiger partial charge in [0.15, 0.2) is 5.15 Å². The molecule has 0 spiro atoms. The molecule has 18 heavy (non-hydrogen) atoms. The van der Waals surface area contributed by atoms with Crippen LogP contribution in [0, 0.1) is 6.92 Å². The van der Waals surface area contributed by atoms with E-state index in [2.05, 4.69) is 28.2 Å². The number of nitrogens with zero attached hydrogens (tertiary/aromatic N) is 2. The van der Waals surface area contributed by atoms with Gasteiger partial charge in [0, 0.05) is 25.3 Å². The van der Waals surface area contributed by atoms with E-state index in [4.69, 9.17) is 11.6 Å². The van der Waals surface area contributed by atoms with E-state index in [0.29, 0.717) is 11.2 Å². The predicted octanol–water partition coefficient (Wildman–Crippen LogP) is 3.33. The van der Waals surface area contributed by atoms with E-state index >= 15 is 0 Å². The molecule has 1 saturated heterocycles. The van der Waals surface area contributed by atoms with Gasteiger partial charge in [0.2, 0.25) is 0 Å². The Bertz CT molecular complexity index is 387. The number of aromatic nitrogens is 1. The minimum Gasteiger partial charge on any atom is -0.380 e. The topological polar surface area (TPSA) is 28.2 Å². The van der Waals surface area contributed by atoms with Gasteiger partial charge in [0.25, 0.3) is 0 Å². The first-order chi connectivity index (χ1) is 8.69. The summed E-state index contributed by atoms with van der Waals surface area (Å²) in [5.74, 6) is 0. The molecular weight excluding hydrogens is 246 g/mol. The highest BCUT2D eigenvalue weighted by atomic mass is 35.5. The standard InChI is InChI=1S/C14H22ClN3/c1-3-6-18-7-4-12(5-8-18)17-13-9-11(2)10-16-14(13)15/h9-10,12,17H,3-8H2,1-2H3. The summed E-state index contributed by atoms with van der Waals surface area (Å²) >= 11 is 6.11. The third-order valence-electron chi connectivity index (χ3n) is 3.46. The Morgan fingerprint density at radius 1 is 1.44 bits per heavy atom. The van der Waals surface area contributed by atoms with Gasteiger partial charge in [-0.15, -0.1) is 0 Å². The summed E-state index contributed by atoms with van der Waals surface area (Å²) in [6, 6.07) is 2.60. The zero-order valence-corrected chi connectivity index (χ0v) is 12.0. The molecule has 0 unspecified atom stereocenters. The fourth-order valence-corrected chi connectivity index (χ4v) is 2.65. The van der Waals surface area contributed by atoms with E-state index in [1.54, 1.807) is 6.20 Å². The zero-order chi connectivity index (χ0) is 13.0. The molecule has 0 aromatic carbocycles. The summed E-state index contributed by atoms with van der Waals surface area (Å²) in [6.45, 7) is 7.87. The Hall–Kier alpha value is -0.800. The van der Waals surface area contributed by atoms with Crippen LogP contribution in [-0.2, 0) is 0 Å². The molecule has 1 aliphatic heterocycles. The maximum absolute atomic E-state index is 6.11. The fraction of sp³-hybridized carbons (Fsp3) is 0.643. The van der Waals surface area contributed by atoms with Gasteiger partial charge in [-0.05, 0) is 44.4 Å². The van der Waals surface area contributed by atoms with E-state index in [-0.39, 0.29) is 0 Å². The van der Waals surface area contributed by atoms with Crippen LogP contribution in [0.4, 0.5) is 5.69 Å². The Morgan fingerprint density at radius 2 is 2.17 bits per heavy atom. The molecule has 1 aromatic rings. The van der Waals surface area contributed by atoms with Crippen molar-refractivity contribution in [1.82, 2.24) is 9.88 Å². The second-order valence-electron chi connectivity index (χ2n) is 5.11. The number of likely N-dealkylation sites (tertiary alicyclic amines) is 1. The van der Waals surface area contributed by atoms with Crippen LogP contribution in [0.5, 0.6) is 0 Å². The number of hydrogen-bond acceptors (Lipinski definition) is 3. The molecule has 4 heteroatoms. The first kappa shape index (κ1) is 13.6. The Morgan fingerprint density at radius 3 is 2.83 bits per heavy atom. The van der Waals surface area contributed by atoms with Gasteiger partial charge in [-0.1, -0.05) is 18.5 Å². The molecule has 1 N–H and O–H groups in total. The van der Waals surface area contributed by atoms with Crippen molar-refractivity contribution >= 4 is 17.3 Å². The number of hydrogen-bond donors (Lipinski definition) is 1. The quantitative estimate of drug-likeness (QED) is 0.849. The molecule has 2 rings (SSSR count). The van der Waals surface area contributed by atoms with E-state index < -0.39 is 0 Å². The molecule has 1 aromatic heterocycles. The van der Waals surface area contributed by atoms with Gasteiger partial charge < -0.3 is 10.2 Å². The van der Waals surface area contributed by atoms with Crippen molar-refractivity contribution in [2.45, 2.75) is 39.2 Å². The monoisotopic (exact) mass is 267 g/mol. The van der Waals surface area contributed by atoms with Gasteiger partial charge in [0.1, 0.15) is 0 Å². The number of anilines is 1. The number of pyridine rings is 1. The molecule has 0 radical (unpaired) electrons. The normalized spacial score (nSPS) is 17.9. The third-order valence-corrected chi connectivity index (χ3v) is 3.76. The predicted molar refractivity (Wildman–Crippen MR) is 77.4 cm³/mol. The highest BCUT2D eigenvalue weighted by Gasteiger charge is 2.19. The summed E-state index contributed by atoms with van der Waals surface area (Å²) in [5.41, 5.74) is 2.12. The zero-order valence-electron chi connectivity index (χ0n) is 11.2. The minimum absolute atomic E-state index is 0.527. The summed E-state index contributed by atoms with van der Waals surface area (Å²) in [7, 11) is 0. The Kier molecular flexibility index (Phi) is 4.84.